The number of rotatable bonds is 37. The van der Waals surface area contributed by atoms with Crippen molar-refractivity contribution in [3.8, 4) is 0 Å². The number of thiol groups is 4. The van der Waals surface area contributed by atoms with Gasteiger partial charge in [-0.1, -0.05) is 44.2 Å². The van der Waals surface area contributed by atoms with Crippen LogP contribution in [0.1, 0.15) is 77.2 Å². The van der Waals surface area contributed by atoms with Gasteiger partial charge in [0.2, 0.25) is 70.9 Å². The summed E-state index contributed by atoms with van der Waals surface area (Å²) in [7, 11) is 0. The van der Waals surface area contributed by atoms with Gasteiger partial charge in [0.25, 0.3) is 0 Å². The highest BCUT2D eigenvalue weighted by Crippen LogP contribution is 2.21. The van der Waals surface area contributed by atoms with Crippen molar-refractivity contribution in [1.82, 2.24) is 57.7 Å². The Labute approximate surface area is 529 Å². The number of amides is 12. The van der Waals surface area contributed by atoms with Gasteiger partial charge in [-0.25, -0.2) is 4.79 Å². The fourth-order valence-corrected chi connectivity index (χ4v) is 10.8. The zero-order chi connectivity index (χ0) is 65.1. The summed E-state index contributed by atoms with van der Waals surface area (Å²) in [5, 5.41) is 41.2. The quantitative estimate of drug-likeness (QED) is 0.0281. The van der Waals surface area contributed by atoms with Gasteiger partial charge in [-0.2, -0.15) is 62.3 Å². The molecule has 0 radical (unpaired) electrons. The van der Waals surface area contributed by atoms with E-state index in [2.05, 4.69) is 98.4 Å². The molecule has 11 atom stereocenters. The maximum Gasteiger partial charge on any atom is 0.326 e. The first kappa shape index (κ1) is 74.8. The maximum atomic E-state index is 13.9. The van der Waals surface area contributed by atoms with Gasteiger partial charge in [0.05, 0.1) is 19.0 Å². The summed E-state index contributed by atoms with van der Waals surface area (Å²) >= 11 is 18.1. The van der Waals surface area contributed by atoms with Gasteiger partial charge in [0, 0.05) is 42.5 Å². The predicted octanol–water partition coefficient (Wildman–Crippen LogP) is -4.12. The normalized spacial score (nSPS) is 17.7. The number of nitrogens with one attached hydrogen (secondary N) is 9. The molecule has 1 aromatic rings. The Hall–Kier alpha value is -6.49. The third-order valence-corrected chi connectivity index (χ3v) is 16.0. The zero-order valence-electron chi connectivity index (χ0n) is 48.4. The summed E-state index contributed by atoms with van der Waals surface area (Å²) < 4.78 is 0. The minimum atomic E-state index is -1.63. The van der Waals surface area contributed by atoms with E-state index in [1.807, 2.05) is 0 Å². The van der Waals surface area contributed by atoms with E-state index in [4.69, 9.17) is 11.5 Å². The van der Waals surface area contributed by atoms with Crippen molar-refractivity contribution in [3.05, 3.63) is 35.9 Å². The van der Waals surface area contributed by atoms with E-state index in [9.17, 15) is 77.3 Å². The van der Waals surface area contributed by atoms with E-state index in [0.717, 1.165) is 10.5 Å². The minimum Gasteiger partial charge on any atom is -0.481 e. The third-order valence-electron chi connectivity index (χ3n) is 13.9. The van der Waals surface area contributed by atoms with Crippen LogP contribution in [0.25, 0.3) is 0 Å². The highest BCUT2D eigenvalue weighted by molar-refractivity contribution is 7.98. The Morgan fingerprint density at radius 2 is 1.03 bits per heavy atom. The molecule has 2 fully saturated rings. The molecule has 2 aliphatic rings. The van der Waals surface area contributed by atoms with Gasteiger partial charge < -0.3 is 79.3 Å². The van der Waals surface area contributed by atoms with Crippen LogP contribution >= 0.6 is 62.3 Å². The van der Waals surface area contributed by atoms with Gasteiger partial charge in [-0.05, 0) is 74.9 Å². The van der Waals surface area contributed by atoms with Gasteiger partial charge in [-0.15, -0.1) is 0 Å². The smallest absolute Gasteiger partial charge is 0.326 e. The summed E-state index contributed by atoms with van der Waals surface area (Å²) in [4.78, 5) is 187. The van der Waals surface area contributed by atoms with Crippen LogP contribution in [0.2, 0.25) is 0 Å². The molecule has 12 amide bonds. The lowest BCUT2D eigenvalue weighted by atomic mass is 10.0. The first-order chi connectivity index (χ1) is 41.2. The topological polar surface area (TPSA) is 446 Å². The van der Waals surface area contributed by atoms with Gasteiger partial charge in [0.15, 0.2) is 0 Å². The van der Waals surface area contributed by atoms with Crippen molar-refractivity contribution < 1.29 is 77.3 Å². The number of likely N-dealkylation sites (tertiary alicyclic amines) is 2. The van der Waals surface area contributed by atoms with E-state index in [-0.39, 0.29) is 80.5 Å². The Bertz CT molecular complexity index is 2610. The Kier molecular flexibility index (Phi) is 32.7. The molecule has 2 aliphatic heterocycles. The molecule has 29 nitrogen and oxygen atoms in total. The lowest BCUT2D eigenvalue weighted by Gasteiger charge is -2.29. The van der Waals surface area contributed by atoms with Crippen LogP contribution in [0, 0.1) is 5.92 Å². The van der Waals surface area contributed by atoms with Crippen molar-refractivity contribution in [1.29, 1.82) is 0 Å². The van der Waals surface area contributed by atoms with Crippen molar-refractivity contribution in [2.45, 2.75) is 145 Å². The molecule has 0 unspecified atom stereocenters. The van der Waals surface area contributed by atoms with Crippen molar-refractivity contribution in [2.24, 2.45) is 17.4 Å². The molecule has 2 saturated heterocycles. The molecule has 0 bridgehead atoms. The average molecular weight is 1320 g/mol. The number of primary amides is 1. The van der Waals surface area contributed by atoms with Crippen LogP contribution in [-0.2, 0) is 73.5 Å². The van der Waals surface area contributed by atoms with Crippen LogP contribution in [0.3, 0.4) is 0 Å². The number of hydrogen-bond donors (Lipinski definition) is 17. The molecule has 15 N–H and O–H groups in total. The summed E-state index contributed by atoms with van der Waals surface area (Å²) in [6.07, 6.45) is 1.39. The number of carboxylic acids is 2. The first-order valence-electron chi connectivity index (χ1n) is 28.0. The largest absolute Gasteiger partial charge is 0.481 e. The molecule has 0 saturated carbocycles. The van der Waals surface area contributed by atoms with Crippen LogP contribution in [-0.4, -0.2) is 224 Å². The van der Waals surface area contributed by atoms with E-state index in [0.29, 0.717) is 18.6 Å². The van der Waals surface area contributed by atoms with Crippen LogP contribution in [0.15, 0.2) is 30.3 Å². The van der Waals surface area contributed by atoms with Gasteiger partial charge >= 0.3 is 11.9 Å². The lowest BCUT2D eigenvalue weighted by Crippen LogP contribution is -2.60. The van der Waals surface area contributed by atoms with Gasteiger partial charge in [0.1, 0.15) is 60.4 Å². The molecular formula is C53H81N13O16S5. The molecule has 3 rings (SSSR count). The van der Waals surface area contributed by atoms with Crippen LogP contribution in [0.5, 0.6) is 0 Å². The monoisotopic (exact) mass is 1320 g/mol. The summed E-state index contributed by atoms with van der Waals surface area (Å²) in [6.45, 7) is 3.00. The number of carboxylic acid groups (broad SMARTS) is 2. The predicted molar refractivity (Wildman–Crippen MR) is 332 cm³/mol. The fourth-order valence-electron chi connectivity index (χ4n) is 9.31. The SMILES string of the molecule is CSCC[C@H](NC(=O)[C@H](CS)NC(=O)[C@H](CS)NC(=O)CNC(=O)[C@@H]1CCCN1C(=O)[C@H](CS)NC(=O)[C@H](CS)NC(=O)[C@H](CC(N)=O)NC(=O)[C@H](CC(C)C)NC(=O)[C@@H](N)Cc1ccccc1)C(=O)N[C@@H](CCC(=O)O)C(=O)N1CCC[C@H]1C(=O)O. The second-order valence-corrected chi connectivity index (χ2v) is 23.5. The second kappa shape index (κ2) is 38.0. The number of carbonyl (C=O) groups excluding carboxylic acids is 12. The van der Waals surface area contributed by atoms with Gasteiger partial charge in [-0.3, -0.25) is 62.3 Å². The third kappa shape index (κ3) is 24.5. The maximum absolute atomic E-state index is 13.9. The van der Waals surface area contributed by atoms with Crippen LogP contribution in [0.4, 0.5) is 0 Å². The van der Waals surface area contributed by atoms with E-state index < -0.39 is 169 Å². The number of carbonyl (C=O) groups is 14. The highest BCUT2D eigenvalue weighted by atomic mass is 32.2. The Morgan fingerprint density at radius 3 is 1.55 bits per heavy atom. The number of nitrogens with two attached hydrogens (primary N) is 2. The summed E-state index contributed by atoms with van der Waals surface area (Å²) in [5.41, 5.74) is 12.4. The molecule has 0 aliphatic carbocycles. The molecule has 484 valence electrons. The number of nitrogens with zero attached hydrogens (tertiary/aromatic N) is 2. The summed E-state index contributed by atoms with van der Waals surface area (Å²) in [5.74, 6) is -14.0. The number of aliphatic carboxylic acids is 2. The summed E-state index contributed by atoms with van der Waals surface area (Å²) in [6, 6.07) is -5.67. The Balaban J connectivity index is 1.61. The van der Waals surface area contributed by atoms with Crippen molar-refractivity contribution >= 4 is 145 Å². The minimum absolute atomic E-state index is 0.0109. The first-order valence-corrected chi connectivity index (χ1v) is 31.9. The van der Waals surface area contributed by atoms with E-state index in [1.54, 1.807) is 50.4 Å². The Morgan fingerprint density at radius 1 is 0.586 bits per heavy atom. The lowest BCUT2D eigenvalue weighted by molar-refractivity contribution is -0.150. The standard InChI is InChI=1S/C53H81N13O16S5/c1-27(2)19-32(60-43(71)29(54)20-28-9-5-4-6-10-28)45(73)61-33(21-40(55)67)46(74)62-36(25-85)49(77)64-37(26-86)52(80)65-16-7-11-38(65)50(78)56-22-41(68)57-34(23-83)47(75)63-35(24-84)48(76)58-30(15-18-87-3)44(72)59-31(13-14-42(69)70)51(79)66-17-8-12-39(66)53(81)82/h4-6,9-10,27,29-39,83-86H,7-8,11-26,54H2,1-3H3,(H2,55,67)(H,56,78)(H,57,68)(H,58,76)(H,59,72)(H,60,71)(H,61,73)(H,62,74)(H,63,75)(H,64,77)(H,69,70)(H,81,82)/t29-,30-,31-,32-,33-,34-,35-,36-,37-,38-,39-/m0/s1. The fraction of sp³-hybridized carbons (Fsp3) is 0.623. The van der Waals surface area contributed by atoms with Crippen molar-refractivity contribution in [3.63, 3.8) is 0 Å². The number of hydrogen-bond acceptors (Lipinski definition) is 20. The second-order valence-electron chi connectivity index (χ2n) is 21.0. The number of benzene rings is 1. The molecule has 0 spiro atoms. The molecule has 2 heterocycles. The molecule has 0 aromatic heterocycles. The average Bonchev–Trinajstić information content (AvgIpc) is 2.82. The molecule has 87 heavy (non-hydrogen) atoms. The molecule has 1 aromatic carbocycles. The molecular weight excluding hydrogens is 1230 g/mol. The highest BCUT2D eigenvalue weighted by Gasteiger charge is 2.41. The number of thioether (sulfide) groups is 1. The van der Waals surface area contributed by atoms with Crippen LogP contribution < -0.4 is 59.3 Å². The van der Waals surface area contributed by atoms with Crippen molar-refractivity contribution in [2.75, 3.05) is 54.7 Å². The molecule has 34 heteroatoms. The zero-order valence-corrected chi connectivity index (χ0v) is 52.8. The van der Waals surface area contributed by atoms with E-state index >= 15 is 0 Å². The van der Waals surface area contributed by atoms with E-state index in [1.165, 1.54) is 16.7 Å².